The molecule has 1 saturated heterocycles. The second kappa shape index (κ2) is 5.16. The molecule has 0 bridgehead atoms. The van der Waals surface area contributed by atoms with Gasteiger partial charge in [-0.2, -0.15) is 0 Å². The molecule has 0 aromatic rings. The van der Waals surface area contributed by atoms with E-state index in [1.807, 2.05) is 14.0 Å². The van der Waals surface area contributed by atoms with Crippen molar-refractivity contribution < 1.29 is 14.7 Å². The molecule has 1 N–H and O–H groups in total. The van der Waals surface area contributed by atoms with E-state index in [9.17, 15) is 9.59 Å². The van der Waals surface area contributed by atoms with Crippen molar-refractivity contribution in [2.24, 2.45) is 0 Å². The van der Waals surface area contributed by atoms with E-state index in [4.69, 9.17) is 5.11 Å². The van der Waals surface area contributed by atoms with Crippen molar-refractivity contribution in [2.45, 2.75) is 13.0 Å². The monoisotopic (exact) mass is 229 g/mol. The van der Waals surface area contributed by atoms with Gasteiger partial charge < -0.3 is 19.8 Å². The first-order valence-corrected chi connectivity index (χ1v) is 5.34. The van der Waals surface area contributed by atoms with Gasteiger partial charge in [0.25, 0.3) is 0 Å². The molecule has 0 aromatic carbocycles. The van der Waals surface area contributed by atoms with Crippen LogP contribution in [0.5, 0.6) is 0 Å². The summed E-state index contributed by atoms with van der Waals surface area (Å²) < 4.78 is 0. The zero-order valence-corrected chi connectivity index (χ0v) is 10.0. The third-order valence-electron chi connectivity index (χ3n) is 2.78. The normalized spacial score (nSPS) is 21.9. The summed E-state index contributed by atoms with van der Waals surface area (Å²) in [5, 5.41) is 8.62. The molecule has 1 heterocycles. The number of aliphatic carboxylic acids is 1. The van der Waals surface area contributed by atoms with E-state index in [1.54, 1.807) is 4.90 Å². The summed E-state index contributed by atoms with van der Waals surface area (Å²) in [7, 11) is 3.53. The highest BCUT2D eigenvalue weighted by Gasteiger charge is 2.28. The van der Waals surface area contributed by atoms with Gasteiger partial charge in [-0.25, -0.2) is 4.79 Å². The first kappa shape index (κ1) is 12.8. The first-order chi connectivity index (χ1) is 7.41. The molecule has 1 unspecified atom stereocenters. The number of carbonyl (C=O) groups excluding carboxylic acids is 1. The van der Waals surface area contributed by atoms with Crippen molar-refractivity contribution in [3.05, 3.63) is 0 Å². The lowest BCUT2D eigenvalue weighted by Gasteiger charge is -2.39. The number of likely N-dealkylation sites (N-methyl/N-ethyl adjacent to an activating group) is 2. The highest BCUT2D eigenvalue weighted by molar-refractivity contribution is 5.80. The van der Waals surface area contributed by atoms with E-state index in [0.29, 0.717) is 6.54 Å². The lowest BCUT2D eigenvalue weighted by Crippen LogP contribution is -2.56. The second-order valence-electron chi connectivity index (χ2n) is 4.34. The zero-order valence-electron chi connectivity index (χ0n) is 10.0. The molecule has 0 aromatic heterocycles. The minimum Gasteiger partial charge on any atom is -0.480 e. The van der Waals surface area contributed by atoms with Gasteiger partial charge in [0.15, 0.2) is 0 Å². The molecule has 0 saturated carbocycles. The largest absolute Gasteiger partial charge is 0.480 e. The molecular formula is C10H19N3O3. The summed E-state index contributed by atoms with van der Waals surface area (Å²) >= 11 is 0. The molecule has 1 atom stereocenters. The van der Waals surface area contributed by atoms with E-state index in [0.717, 1.165) is 13.1 Å². The Bertz CT molecular complexity index is 282. The molecule has 6 heteroatoms. The lowest BCUT2D eigenvalue weighted by molar-refractivity contribution is -0.137. The molecule has 6 nitrogen and oxygen atoms in total. The van der Waals surface area contributed by atoms with E-state index in [1.165, 1.54) is 11.9 Å². The third-order valence-corrected chi connectivity index (χ3v) is 2.78. The van der Waals surface area contributed by atoms with Crippen molar-refractivity contribution in [3.8, 4) is 0 Å². The van der Waals surface area contributed by atoms with Crippen molar-refractivity contribution >= 4 is 12.0 Å². The minimum atomic E-state index is -0.988. The van der Waals surface area contributed by atoms with Crippen LogP contribution in [0.25, 0.3) is 0 Å². The van der Waals surface area contributed by atoms with Crippen LogP contribution in [-0.4, -0.2) is 78.1 Å². The van der Waals surface area contributed by atoms with E-state index in [-0.39, 0.29) is 18.6 Å². The molecule has 0 radical (unpaired) electrons. The van der Waals surface area contributed by atoms with Crippen LogP contribution in [0.1, 0.15) is 6.92 Å². The molecule has 0 spiro atoms. The Balaban J connectivity index is 2.56. The summed E-state index contributed by atoms with van der Waals surface area (Å²) in [4.78, 5) is 27.6. The number of nitrogens with zero attached hydrogens (tertiary/aromatic N) is 3. The van der Waals surface area contributed by atoms with E-state index < -0.39 is 5.97 Å². The Morgan fingerprint density at radius 1 is 1.44 bits per heavy atom. The maximum absolute atomic E-state index is 11.9. The lowest BCUT2D eigenvalue weighted by atomic mass is 10.2. The Kier molecular flexibility index (Phi) is 4.12. The maximum atomic E-state index is 11.9. The van der Waals surface area contributed by atoms with Crippen LogP contribution >= 0.6 is 0 Å². The van der Waals surface area contributed by atoms with Gasteiger partial charge in [-0.05, 0) is 14.0 Å². The van der Waals surface area contributed by atoms with Crippen LogP contribution in [-0.2, 0) is 4.79 Å². The highest BCUT2D eigenvalue weighted by atomic mass is 16.4. The Morgan fingerprint density at radius 2 is 2.06 bits per heavy atom. The number of urea groups is 1. The maximum Gasteiger partial charge on any atom is 0.323 e. The molecule has 92 valence electrons. The van der Waals surface area contributed by atoms with Gasteiger partial charge in [0.2, 0.25) is 0 Å². The number of hydrogen-bond acceptors (Lipinski definition) is 3. The zero-order chi connectivity index (χ0) is 12.3. The first-order valence-electron chi connectivity index (χ1n) is 5.34. The SMILES string of the molecule is CC1CN(C)CCN1C(=O)N(C)CC(=O)O. The number of carboxylic acids is 1. The fourth-order valence-electron chi connectivity index (χ4n) is 1.91. The summed E-state index contributed by atoms with van der Waals surface area (Å²) in [5.74, 6) is -0.988. The van der Waals surface area contributed by atoms with Gasteiger partial charge in [-0.15, -0.1) is 0 Å². The molecule has 16 heavy (non-hydrogen) atoms. The third kappa shape index (κ3) is 3.10. The number of piperazine rings is 1. The van der Waals surface area contributed by atoms with Crippen LogP contribution in [0.2, 0.25) is 0 Å². The smallest absolute Gasteiger partial charge is 0.323 e. The Hall–Kier alpha value is -1.30. The number of hydrogen-bond donors (Lipinski definition) is 1. The van der Waals surface area contributed by atoms with Crippen molar-refractivity contribution in [3.63, 3.8) is 0 Å². The van der Waals surface area contributed by atoms with E-state index >= 15 is 0 Å². The molecule has 1 aliphatic rings. The predicted octanol–water partition coefficient (Wildman–Crippen LogP) is -0.241. The summed E-state index contributed by atoms with van der Waals surface area (Å²) in [6.07, 6.45) is 0. The quantitative estimate of drug-likeness (QED) is 0.709. The van der Waals surface area contributed by atoms with Crippen LogP contribution in [0.15, 0.2) is 0 Å². The average molecular weight is 229 g/mol. The minimum absolute atomic E-state index is 0.127. The fourth-order valence-corrected chi connectivity index (χ4v) is 1.91. The number of amides is 2. The predicted molar refractivity (Wildman–Crippen MR) is 59.3 cm³/mol. The fraction of sp³-hybridized carbons (Fsp3) is 0.800. The van der Waals surface area contributed by atoms with Gasteiger partial charge in [-0.3, -0.25) is 4.79 Å². The van der Waals surface area contributed by atoms with Crippen LogP contribution in [0, 0.1) is 0 Å². The van der Waals surface area contributed by atoms with Crippen LogP contribution in [0.3, 0.4) is 0 Å². The molecule has 1 aliphatic heterocycles. The summed E-state index contributed by atoms with van der Waals surface area (Å²) in [6, 6.07) is -0.0782. The van der Waals surface area contributed by atoms with Crippen molar-refractivity contribution in [1.29, 1.82) is 0 Å². The van der Waals surface area contributed by atoms with Crippen LogP contribution < -0.4 is 0 Å². The van der Waals surface area contributed by atoms with E-state index in [2.05, 4.69) is 4.90 Å². The van der Waals surface area contributed by atoms with Crippen molar-refractivity contribution in [2.75, 3.05) is 40.3 Å². The van der Waals surface area contributed by atoms with Gasteiger partial charge in [-0.1, -0.05) is 0 Å². The molecular weight excluding hydrogens is 210 g/mol. The Morgan fingerprint density at radius 3 is 2.56 bits per heavy atom. The van der Waals surface area contributed by atoms with Gasteiger partial charge >= 0.3 is 12.0 Å². The number of carbonyl (C=O) groups is 2. The number of carboxylic acid groups (broad SMARTS) is 1. The Labute approximate surface area is 95.4 Å². The van der Waals surface area contributed by atoms with Gasteiger partial charge in [0.1, 0.15) is 6.54 Å². The van der Waals surface area contributed by atoms with Gasteiger partial charge in [0, 0.05) is 32.7 Å². The van der Waals surface area contributed by atoms with Gasteiger partial charge in [0.05, 0.1) is 0 Å². The summed E-state index contributed by atoms with van der Waals surface area (Å²) in [5.41, 5.74) is 0. The second-order valence-corrected chi connectivity index (χ2v) is 4.34. The van der Waals surface area contributed by atoms with Crippen molar-refractivity contribution in [1.82, 2.24) is 14.7 Å². The van der Waals surface area contributed by atoms with Crippen LogP contribution in [0.4, 0.5) is 4.79 Å². The molecule has 2 amide bonds. The average Bonchev–Trinajstić information content (AvgIpc) is 2.15. The molecule has 0 aliphatic carbocycles. The topological polar surface area (TPSA) is 64.1 Å². The number of rotatable bonds is 2. The highest BCUT2D eigenvalue weighted by Crippen LogP contribution is 2.10. The summed E-state index contributed by atoms with van der Waals surface area (Å²) in [6.45, 7) is 4.03. The molecule has 1 fully saturated rings. The standard InChI is InChI=1S/C10H19N3O3/c1-8-6-11(2)4-5-13(8)10(16)12(3)7-9(14)15/h8H,4-7H2,1-3H3,(H,14,15). The molecule has 1 rings (SSSR count).